The van der Waals surface area contributed by atoms with Crippen molar-refractivity contribution < 1.29 is 9.59 Å². The van der Waals surface area contributed by atoms with Crippen LogP contribution in [-0.2, 0) is 4.79 Å². The number of para-hydroxylation sites is 1. The van der Waals surface area contributed by atoms with Gasteiger partial charge in [-0.1, -0.05) is 41.9 Å². The van der Waals surface area contributed by atoms with Crippen LogP contribution in [0, 0.1) is 0 Å². The number of hydrogen-bond donors (Lipinski definition) is 1. The topological polar surface area (TPSA) is 49.4 Å². The first kappa shape index (κ1) is 13.4. The molecule has 1 aliphatic heterocycles. The van der Waals surface area contributed by atoms with Crippen LogP contribution >= 0.6 is 11.6 Å². The maximum absolute atomic E-state index is 12.3. The lowest BCUT2D eigenvalue weighted by atomic mass is 10.2. The van der Waals surface area contributed by atoms with E-state index in [2.05, 4.69) is 5.32 Å². The number of nitrogens with one attached hydrogen (secondary N) is 1. The normalized spacial score (nSPS) is 16.4. The molecular formula is C16H11ClN2O2. The van der Waals surface area contributed by atoms with Crippen molar-refractivity contribution in [2.75, 3.05) is 4.90 Å². The van der Waals surface area contributed by atoms with Crippen molar-refractivity contribution in [3.63, 3.8) is 0 Å². The van der Waals surface area contributed by atoms with E-state index in [9.17, 15) is 9.59 Å². The summed E-state index contributed by atoms with van der Waals surface area (Å²) in [7, 11) is 0. The summed E-state index contributed by atoms with van der Waals surface area (Å²) in [4.78, 5) is 25.4. The Morgan fingerprint density at radius 2 is 1.76 bits per heavy atom. The van der Waals surface area contributed by atoms with E-state index in [1.807, 2.05) is 12.1 Å². The molecule has 0 saturated carbocycles. The van der Waals surface area contributed by atoms with E-state index >= 15 is 0 Å². The fraction of sp³-hybridized carbons (Fsp3) is 0. The SMILES string of the molecule is O=C1N/C(=C/c2cccc(Cl)c2)C(=O)N1c1ccccc1. The molecule has 1 fully saturated rings. The number of imide groups is 1. The zero-order valence-corrected chi connectivity index (χ0v) is 11.7. The Morgan fingerprint density at radius 3 is 2.48 bits per heavy atom. The summed E-state index contributed by atoms with van der Waals surface area (Å²) in [6.07, 6.45) is 1.61. The van der Waals surface area contributed by atoms with Gasteiger partial charge in [-0.05, 0) is 35.9 Å². The zero-order valence-electron chi connectivity index (χ0n) is 10.9. The highest BCUT2D eigenvalue weighted by molar-refractivity contribution is 6.31. The summed E-state index contributed by atoms with van der Waals surface area (Å²) in [5.41, 5.74) is 1.52. The van der Waals surface area contributed by atoms with Crippen LogP contribution in [0.3, 0.4) is 0 Å². The van der Waals surface area contributed by atoms with Crippen LogP contribution in [0.15, 0.2) is 60.3 Å². The smallest absolute Gasteiger partial charge is 0.302 e. The van der Waals surface area contributed by atoms with Gasteiger partial charge >= 0.3 is 6.03 Å². The number of nitrogens with zero attached hydrogens (tertiary/aromatic N) is 1. The molecule has 3 amide bonds. The van der Waals surface area contributed by atoms with Crippen LogP contribution in [-0.4, -0.2) is 11.9 Å². The van der Waals surface area contributed by atoms with E-state index in [-0.39, 0.29) is 11.6 Å². The average molecular weight is 299 g/mol. The van der Waals surface area contributed by atoms with Crippen molar-refractivity contribution in [1.82, 2.24) is 5.32 Å². The van der Waals surface area contributed by atoms with Crippen molar-refractivity contribution in [1.29, 1.82) is 0 Å². The van der Waals surface area contributed by atoms with Gasteiger partial charge < -0.3 is 5.32 Å². The van der Waals surface area contributed by atoms with E-state index in [1.54, 1.807) is 48.5 Å². The molecule has 1 aliphatic rings. The van der Waals surface area contributed by atoms with Gasteiger partial charge in [0, 0.05) is 5.02 Å². The second kappa shape index (κ2) is 5.42. The minimum atomic E-state index is -0.459. The van der Waals surface area contributed by atoms with Gasteiger partial charge in [0.25, 0.3) is 5.91 Å². The van der Waals surface area contributed by atoms with Gasteiger partial charge in [-0.3, -0.25) is 4.79 Å². The molecule has 0 bridgehead atoms. The number of amides is 3. The highest BCUT2D eigenvalue weighted by Crippen LogP contribution is 2.22. The van der Waals surface area contributed by atoms with Crippen molar-refractivity contribution >= 4 is 35.3 Å². The molecule has 0 spiro atoms. The minimum absolute atomic E-state index is 0.228. The van der Waals surface area contributed by atoms with Crippen LogP contribution in [0.5, 0.6) is 0 Å². The first-order valence-electron chi connectivity index (χ1n) is 6.33. The van der Waals surface area contributed by atoms with Crippen molar-refractivity contribution in [2.24, 2.45) is 0 Å². The van der Waals surface area contributed by atoms with Crippen molar-refractivity contribution in [3.8, 4) is 0 Å². The molecular weight excluding hydrogens is 288 g/mol. The summed E-state index contributed by atoms with van der Waals surface area (Å²) in [5.74, 6) is -0.383. The molecule has 2 aromatic carbocycles. The van der Waals surface area contributed by atoms with Gasteiger partial charge in [0.1, 0.15) is 5.70 Å². The highest BCUT2D eigenvalue weighted by atomic mass is 35.5. The first-order valence-corrected chi connectivity index (χ1v) is 6.71. The molecule has 0 aliphatic carbocycles. The number of hydrogen-bond acceptors (Lipinski definition) is 2. The molecule has 1 N–H and O–H groups in total. The molecule has 0 radical (unpaired) electrons. The lowest BCUT2D eigenvalue weighted by molar-refractivity contribution is -0.113. The monoisotopic (exact) mass is 298 g/mol. The third-order valence-corrected chi connectivity index (χ3v) is 3.29. The van der Waals surface area contributed by atoms with Gasteiger partial charge in [0.2, 0.25) is 0 Å². The number of carbonyl (C=O) groups is 2. The summed E-state index contributed by atoms with van der Waals surface area (Å²) in [6.45, 7) is 0. The highest BCUT2D eigenvalue weighted by Gasteiger charge is 2.34. The predicted octanol–water partition coefficient (Wildman–Crippen LogP) is 3.44. The van der Waals surface area contributed by atoms with Gasteiger partial charge in [-0.15, -0.1) is 0 Å². The third kappa shape index (κ3) is 2.66. The van der Waals surface area contributed by atoms with Gasteiger partial charge in [-0.25, -0.2) is 9.69 Å². The number of benzene rings is 2. The van der Waals surface area contributed by atoms with E-state index < -0.39 is 6.03 Å². The molecule has 21 heavy (non-hydrogen) atoms. The molecule has 2 aromatic rings. The zero-order chi connectivity index (χ0) is 14.8. The van der Waals surface area contributed by atoms with Gasteiger partial charge in [-0.2, -0.15) is 0 Å². The van der Waals surface area contributed by atoms with E-state index in [0.717, 1.165) is 10.5 Å². The van der Waals surface area contributed by atoms with Crippen LogP contribution in [0.4, 0.5) is 10.5 Å². The molecule has 104 valence electrons. The Labute approximate surface area is 126 Å². The van der Waals surface area contributed by atoms with E-state index in [4.69, 9.17) is 11.6 Å². The van der Waals surface area contributed by atoms with Crippen LogP contribution in [0.2, 0.25) is 5.02 Å². The summed E-state index contributed by atoms with van der Waals surface area (Å²) < 4.78 is 0. The molecule has 3 rings (SSSR count). The molecule has 1 saturated heterocycles. The van der Waals surface area contributed by atoms with Crippen LogP contribution < -0.4 is 10.2 Å². The van der Waals surface area contributed by atoms with E-state index in [1.165, 1.54) is 0 Å². The summed E-state index contributed by atoms with van der Waals surface area (Å²) in [5, 5.41) is 3.15. The fourth-order valence-electron chi connectivity index (χ4n) is 2.11. The molecule has 5 heteroatoms. The quantitative estimate of drug-likeness (QED) is 0.682. The molecule has 0 atom stereocenters. The largest absolute Gasteiger partial charge is 0.333 e. The Balaban J connectivity index is 1.94. The third-order valence-electron chi connectivity index (χ3n) is 3.05. The van der Waals surface area contributed by atoms with Gasteiger partial charge in [0.05, 0.1) is 5.69 Å². The molecule has 0 unspecified atom stereocenters. The average Bonchev–Trinajstić information content (AvgIpc) is 2.74. The molecule has 1 heterocycles. The second-order valence-corrected chi connectivity index (χ2v) is 4.96. The Morgan fingerprint density at radius 1 is 1.00 bits per heavy atom. The molecule has 4 nitrogen and oxygen atoms in total. The minimum Gasteiger partial charge on any atom is -0.302 e. The van der Waals surface area contributed by atoms with E-state index in [0.29, 0.717) is 10.7 Å². The molecule has 0 aromatic heterocycles. The summed E-state index contributed by atoms with van der Waals surface area (Å²) in [6, 6.07) is 15.4. The standard InChI is InChI=1S/C16H11ClN2O2/c17-12-6-4-5-11(9-12)10-14-15(20)19(16(21)18-14)13-7-2-1-3-8-13/h1-10H,(H,18,21)/b14-10+. The Kier molecular flexibility index (Phi) is 3.46. The van der Waals surface area contributed by atoms with Crippen molar-refractivity contribution in [3.05, 3.63) is 70.9 Å². The maximum Gasteiger partial charge on any atom is 0.333 e. The number of carbonyl (C=O) groups excluding carboxylic acids is 2. The summed E-state index contributed by atoms with van der Waals surface area (Å²) >= 11 is 5.91. The maximum atomic E-state index is 12.3. The first-order chi connectivity index (χ1) is 10.1. The number of urea groups is 1. The Hall–Kier alpha value is -2.59. The van der Waals surface area contributed by atoms with Crippen LogP contribution in [0.25, 0.3) is 6.08 Å². The van der Waals surface area contributed by atoms with Crippen LogP contribution in [0.1, 0.15) is 5.56 Å². The lowest BCUT2D eigenvalue weighted by Gasteiger charge is -2.10. The second-order valence-electron chi connectivity index (χ2n) is 4.52. The van der Waals surface area contributed by atoms with Crippen molar-refractivity contribution in [2.45, 2.75) is 0 Å². The number of anilines is 1. The predicted molar refractivity (Wildman–Crippen MR) is 81.9 cm³/mol. The van der Waals surface area contributed by atoms with Gasteiger partial charge in [0.15, 0.2) is 0 Å². The number of halogens is 1. The fourth-order valence-corrected chi connectivity index (χ4v) is 2.31. The lowest BCUT2D eigenvalue weighted by Crippen LogP contribution is -2.30. The Bertz CT molecular complexity index is 741. The number of rotatable bonds is 2.